The molecular formula is C19H15N5O2S. The summed E-state index contributed by atoms with van der Waals surface area (Å²) in [6.45, 7) is 0. The number of anilines is 2. The van der Waals surface area contributed by atoms with Crippen molar-refractivity contribution in [3.63, 3.8) is 0 Å². The van der Waals surface area contributed by atoms with E-state index in [2.05, 4.69) is 20.3 Å². The summed E-state index contributed by atoms with van der Waals surface area (Å²) < 4.78 is 5.32. The van der Waals surface area contributed by atoms with Crippen LogP contribution in [-0.2, 0) is 0 Å². The number of hydrogen-bond acceptors (Lipinski definition) is 7. The van der Waals surface area contributed by atoms with Gasteiger partial charge in [-0.2, -0.15) is 0 Å². The number of rotatable bonds is 5. The van der Waals surface area contributed by atoms with Gasteiger partial charge in [0.2, 0.25) is 0 Å². The van der Waals surface area contributed by atoms with Crippen LogP contribution in [0.3, 0.4) is 0 Å². The van der Waals surface area contributed by atoms with Gasteiger partial charge in [0.25, 0.3) is 5.91 Å². The van der Waals surface area contributed by atoms with E-state index in [0.29, 0.717) is 28.0 Å². The molecule has 0 bridgehead atoms. The van der Waals surface area contributed by atoms with Gasteiger partial charge in [0.1, 0.15) is 16.4 Å². The van der Waals surface area contributed by atoms with Gasteiger partial charge in [-0.1, -0.05) is 0 Å². The summed E-state index contributed by atoms with van der Waals surface area (Å²) in [5.74, 6) is 1.28. The number of pyridine rings is 1. The van der Waals surface area contributed by atoms with Gasteiger partial charge in [-0.05, 0) is 41.8 Å². The highest BCUT2D eigenvalue weighted by Crippen LogP contribution is 2.32. The number of thiophene rings is 1. The molecule has 134 valence electrons. The van der Waals surface area contributed by atoms with Crippen LogP contribution >= 0.6 is 11.3 Å². The van der Waals surface area contributed by atoms with Crippen molar-refractivity contribution in [2.75, 3.05) is 12.4 Å². The largest absolute Gasteiger partial charge is 0.497 e. The number of nitrogens with zero attached hydrogens (tertiary/aromatic N) is 3. The van der Waals surface area contributed by atoms with Gasteiger partial charge in [0, 0.05) is 23.3 Å². The molecule has 3 heterocycles. The zero-order chi connectivity index (χ0) is 18.8. The highest BCUT2D eigenvalue weighted by molar-refractivity contribution is 7.12. The SMILES string of the molecule is COc1ccc2nc(-c3cccnc3)nc(Nc3ccsc3C(N)=O)c2c1. The fourth-order valence-electron chi connectivity index (χ4n) is 2.68. The number of amides is 1. The van der Waals surface area contributed by atoms with E-state index in [9.17, 15) is 4.79 Å². The molecule has 3 N–H and O–H groups in total. The van der Waals surface area contributed by atoms with Crippen LogP contribution in [0.25, 0.3) is 22.3 Å². The molecular weight excluding hydrogens is 362 g/mol. The van der Waals surface area contributed by atoms with Crippen LogP contribution in [0.15, 0.2) is 54.2 Å². The monoisotopic (exact) mass is 377 g/mol. The Hall–Kier alpha value is -3.52. The number of hydrogen-bond donors (Lipinski definition) is 2. The van der Waals surface area contributed by atoms with Crippen LogP contribution in [-0.4, -0.2) is 28.0 Å². The predicted molar refractivity (Wildman–Crippen MR) is 105 cm³/mol. The summed E-state index contributed by atoms with van der Waals surface area (Å²) in [4.78, 5) is 25.5. The number of aromatic nitrogens is 3. The lowest BCUT2D eigenvalue weighted by atomic mass is 10.2. The van der Waals surface area contributed by atoms with Crippen LogP contribution < -0.4 is 15.8 Å². The fourth-order valence-corrected chi connectivity index (χ4v) is 3.38. The van der Waals surface area contributed by atoms with Crippen molar-refractivity contribution in [2.24, 2.45) is 5.73 Å². The number of primary amides is 1. The van der Waals surface area contributed by atoms with Crippen molar-refractivity contribution in [1.82, 2.24) is 15.0 Å². The highest BCUT2D eigenvalue weighted by Gasteiger charge is 2.15. The number of benzene rings is 1. The standard InChI is InChI=1S/C19H15N5O2S/c1-26-12-4-5-14-13(9-12)19(23-15-6-8-27-16(15)17(20)25)24-18(22-14)11-3-2-7-21-10-11/h2-10H,1H3,(H2,20,25)(H,22,23,24). The van der Waals surface area contributed by atoms with Crippen LogP contribution in [0.1, 0.15) is 9.67 Å². The molecule has 27 heavy (non-hydrogen) atoms. The Kier molecular flexibility index (Phi) is 4.39. The molecule has 0 radical (unpaired) electrons. The molecule has 4 rings (SSSR count). The van der Waals surface area contributed by atoms with Crippen LogP contribution in [0, 0.1) is 0 Å². The molecule has 1 aromatic carbocycles. The Labute approximate surface area is 158 Å². The third-order valence-electron chi connectivity index (χ3n) is 3.96. The van der Waals surface area contributed by atoms with E-state index >= 15 is 0 Å². The summed E-state index contributed by atoms with van der Waals surface area (Å²) in [5, 5.41) is 5.79. The van der Waals surface area contributed by atoms with Crippen molar-refractivity contribution >= 4 is 39.7 Å². The molecule has 0 saturated carbocycles. The zero-order valence-corrected chi connectivity index (χ0v) is 15.2. The molecule has 7 nitrogen and oxygen atoms in total. The Morgan fingerprint density at radius 2 is 2.11 bits per heavy atom. The van der Waals surface area contributed by atoms with E-state index in [4.69, 9.17) is 10.5 Å². The van der Waals surface area contributed by atoms with Crippen molar-refractivity contribution in [3.05, 3.63) is 59.0 Å². The van der Waals surface area contributed by atoms with Crippen molar-refractivity contribution < 1.29 is 9.53 Å². The number of carbonyl (C=O) groups is 1. The number of nitrogens with one attached hydrogen (secondary N) is 1. The van der Waals surface area contributed by atoms with Crippen molar-refractivity contribution in [3.8, 4) is 17.1 Å². The van der Waals surface area contributed by atoms with E-state index in [-0.39, 0.29) is 0 Å². The van der Waals surface area contributed by atoms with Crippen molar-refractivity contribution in [2.45, 2.75) is 0 Å². The summed E-state index contributed by atoms with van der Waals surface area (Å²) in [7, 11) is 1.60. The average Bonchev–Trinajstić information content (AvgIpc) is 3.16. The molecule has 0 atom stereocenters. The molecule has 0 aliphatic rings. The average molecular weight is 377 g/mol. The molecule has 0 aliphatic carbocycles. The molecule has 0 aliphatic heterocycles. The predicted octanol–water partition coefficient (Wildman–Crippen LogP) is 3.60. The first-order chi connectivity index (χ1) is 13.2. The Morgan fingerprint density at radius 3 is 2.85 bits per heavy atom. The first kappa shape index (κ1) is 16.9. The quantitative estimate of drug-likeness (QED) is 0.551. The maximum absolute atomic E-state index is 11.7. The molecule has 0 fully saturated rings. The molecule has 0 spiro atoms. The number of ether oxygens (including phenoxy) is 1. The Balaban J connectivity index is 1.90. The minimum absolute atomic E-state index is 0.438. The maximum Gasteiger partial charge on any atom is 0.260 e. The lowest BCUT2D eigenvalue weighted by Crippen LogP contribution is -2.11. The topological polar surface area (TPSA) is 103 Å². The van der Waals surface area contributed by atoms with E-state index in [1.165, 1.54) is 11.3 Å². The second kappa shape index (κ2) is 7.00. The van der Waals surface area contributed by atoms with Gasteiger partial charge in [-0.15, -0.1) is 11.3 Å². The van der Waals surface area contributed by atoms with Crippen molar-refractivity contribution in [1.29, 1.82) is 0 Å². The van der Waals surface area contributed by atoms with Crippen LogP contribution in [0.5, 0.6) is 5.75 Å². The Morgan fingerprint density at radius 1 is 1.22 bits per heavy atom. The third kappa shape index (κ3) is 3.30. The van der Waals surface area contributed by atoms with E-state index in [1.54, 1.807) is 30.9 Å². The zero-order valence-electron chi connectivity index (χ0n) is 14.3. The van der Waals surface area contributed by atoms with Crippen LogP contribution in [0.2, 0.25) is 0 Å². The number of carbonyl (C=O) groups excluding carboxylic acids is 1. The molecule has 3 aromatic heterocycles. The summed E-state index contributed by atoms with van der Waals surface area (Å²) >= 11 is 1.28. The second-order valence-electron chi connectivity index (χ2n) is 5.67. The first-order valence-electron chi connectivity index (χ1n) is 8.06. The summed E-state index contributed by atoms with van der Waals surface area (Å²) in [6, 6.07) is 11.1. The third-order valence-corrected chi connectivity index (χ3v) is 4.89. The summed E-state index contributed by atoms with van der Waals surface area (Å²) in [5.41, 5.74) is 7.60. The highest BCUT2D eigenvalue weighted by atomic mass is 32.1. The van der Waals surface area contributed by atoms with E-state index < -0.39 is 5.91 Å². The van der Waals surface area contributed by atoms with Gasteiger partial charge in [0.15, 0.2) is 5.82 Å². The minimum atomic E-state index is -0.490. The molecule has 8 heteroatoms. The number of methoxy groups -OCH3 is 1. The molecule has 4 aromatic rings. The summed E-state index contributed by atoms with van der Waals surface area (Å²) in [6.07, 6.45) is 3.40. The molecule has 0 unspecified atom stereocenters. The molecule has 0 saturated heterocycles. The van der Waals surface area contributed by atoms with Gasteiger partial charge in [-0.3, -0.25) is 9.78 Å². The molecule has 1 amide bonds. The second-order valence-corrected chi connectivity index (χ2v) is 6.59. The smallest absolute Gasteiger partial charge is 0.260 e. The number of fused-ring (bicyclic) bond motifs is 1. The van der Waals surface area contributed by atoms with Gasteiger partial charge >= 0.3 is 0 Å². The van der Waals surface area contributed by atoms with E-state index in [0.717, 1.165) is 16.5 Å². The normalized spacial score (nSPS) is 10.7. The Bertz CT molecular complexity index is 1130. The van der Waals surface area contributed by atoms with Crippen LogP contribution in [0.4, 0.5) is 11.5 Å². The maximum atomic E-state index is 11.7. The fraction of sp³-hybridized carbons (Fsp3) is 0.0526. The van der Waals surface area contributed by atoms with Gasteiger partial charge < -0.3 is 15.8 Å². The van der Waals surface area contributed by atoms with Gasteiger partial charge in [0.05, 0.1) is 18.3 Å². The lowest BCUT2D eigenvalue weighted by Gasteiger charge is -2.12. The first-order valence-corrected chi connectivity index (χ1v) is 8.94. The van der Waals surface area contributed by atoms with E-state index in [1.807, 2.05) is 30.3 Å². The lowest BCUT2D eigenvalue weighted by molar-refractivity contribution is 0.100. The number of nitrogens with two attached hydrogens (primary N) is 1. The minimum Gasteiger partial charge on any atom is -0.497 e. The van der Waals surface area contributed by atoms with Gasteiger partial charge in [-0.25, -0.2) is 9.97 Å².